The van der Waals surface area contributed by atoms with Gasteiger partial charge in [-0.1, -0.05) is 38.0 Å². The van der Waals surface area contributed by atoms with Gasteiger partial charge in [-0.25, -0.2) is 0 Å². The lowest BCUT2D eigenvalue weighted by atomic mass is 9.96. The van der Waals surface area contributed by atoms with Gasteiger partial charge in [-0.15, -0.1) is 0 Å². The van der Waals surface area contributed by atoms with Crippen molar-refractivity contribution in [3.8, 4) is 0 Å². The molecule has 0 bridgehead atoms. The van der Waals surface area contributed by atoms with Crippen molar-refractivity contribution in [3.05, 3.63) is 34.9 Å². The Bertz CT molecular complexity index is 284. The molecule has 1 aromatic carbocycles. The lowest BCUT2D eigenvalue weighted by molar-refractivity contribution is 0.161. The average Bonchev–Trinajstić information content (AvgIpc) is 2.21. The molecule has 0 heterocycles. The van der Waals surface area contributed by atoms with E-state index >= 15 is 0 Å². The lowest BCUT2D eigenvalue weighted by Gasteiger charge is -2.14. The zero-order valence-corrected chi connectivity index (χ0v) is 10.1. The molecule has 1 atom stereocenters. The Balaban J connectivity index is 2.63. The minimum absolute atomic E-state index is 0.176. The van der Waals surface area contributed by atoms with Crippen LogP contribution in [-0.2, 0) is 6.42 Å². The van der Waals surface area contributed by atoms with Gasteiger partial charge in [-0.2, -0.15) is 0 Å². The lowest BCUT2D eigenvalue weighted by Crippen LogP contribution is -2.12. The van der Waals surface area contributed by atoms with Crippen molar-refractivity contribution in [1.29, 1.82) is 0 Å². The van der Waals surface area contributed by atoms with Gasteiger partial charge in [0.1, 0.15) is 0 Å². The van der Waals surface area contributed by atoms with E-state index in [9.17, 15) is 5.11 Å². The van der Waals surface area contributed by atoms with Crippen LogP contribution in [0.1, 0.15) is 42.9 Å². The van der Waals surface area contributed by atoms with Crippen molar-refractivity contribution in [2.75, 3.05) is 0 Å². The molecule has 0 aliphatic rings. The molecule has 1 unspecified atom stereocenters. The highest BCUT2D eigenvalue weighted by Gasteiger charge is 2.08. The van der Waals surface area contributed by atoms with Crippen molar-refractivity contribution in [1.82, 2.24) is 0 Å². The molecule has 84 valence electrons. The van der Waals surface area contributed by atoms with Crippen LogP contribution in [0.2, 0.25) is 0 Å². The van der Waals surface area contributed by atoms with Crippen LogP contribution in [0.4, 0.5) is 0 Å². The van der Waals surface area contributed by atoms with Crippen LogP contribution in [0.25, 0.3) is 0 Å². The molecule has 1 heteroatoms. The van der Waals surface area contributed by atoms with Gasteiger partial charge >= 0.3 is 0 Å². The predicted octanol–water partition coefficient (Wildman–Crippen LogP) is 3.40. The van der Waals surface area contributed by atoms with E-state index in [0.29, 0.717) is 0 Å². The fraction of sp³-hybridized carbons (Fsp3) is 0.571. The maximum atomic E-state index is 9.88. The van der Waals surface area contributed by atoms with E-state index in [-0.39, 0.29) is 6.10 Å². The molecule has 1 N–H and O–H groups in total. The minimum atomic E-state index is -0.176. The molecular weight excluding hydrogens is 184 g/mol. The standard InChI is InChI=1S/C14H22O/c1-4-5-9-13(15)10-14-11(2)7-6-8-12(14)3/h6-8,13,15H,4-5,9-10H2,1-3H3. The third kappa shape index (κ3) is 3.67. The summed E-state index contributed by atoms with van der Waals surface area (Å²) in [4.78, 5) is 0. The van der Waals surface area contributed by atoms with Crippen LogP contribution in [-0.4, -0.2) is 11.2 Å². The Kier molecular flexibility index (Phi) is 4.83. The van der Waals surface area contributed by atoms with Gasteiger partial charge in [-0.3, -0.25) is 0 Å². The smallest absolute Gasteiger partial charge is 0.0580 e. The Morgan fingerprint density at radius 1 is 1.20 bits per heavy atom. The molecule has 0 aliphatic carbocycles. The van der Waals surface area contributed by atoms with Gasteiger partial charge in [0, 0.05) is 0 Å². The van der Waals surface area contributed by atoms with Crippen molar-refractivity contribution in [2.24, 2.45) is 0 Å². The first-order chi connectivity index (χ1) is 7.15. The predicted molar refractivity (Wildman–Crippen MR) is 65.2 cm³/mol. The fourth-order valence-electron chi connectivity index (χ4n) is 1.95. The number of rotatable bonds is 5. The van der Waals surface area contributed by atoms with Gasteiger partial charge < -0.3 is 5.11 Å². The van der Waals surface area contributed by atoms with Crippen LogP contribution in [0, 0.1) is 13.8 Å². The van der Waals surface area contributed by atoms with Crippen LogP contribution in [0.15, 0.2) is 18.2 Å². The Labute approximate surface area is 93.1 Å². The summed E-state index contributed by atoms with van der Waals surface area (Å²) in [6.07, 6.45) is 3.82. The number of hydrogen-bond acceptors (Lipinski definition) is 1. The molecule has 0 aromatic heterocycles. The van der Waals surface area contributed by atoms with Crippen LogP contribution < -0.4 is 0 Å². The second-order valence-corrected chi connectivity index (χ2v) is 4.37. The van der Waals surface area contributed by atoms with Crippen LogP contribution >= 0.6 is 0 Å². The molecule has 0 radical (unpaired) electrons. The summed E-state index contributed by atoms with van der Waals surface area (Å²) in [5.74, 6) is 0. The molecule has 15 heavy (non-hydrogen) atoms. The van der Waals surface area contributed by atoms with E-state index in [0.717, 1.165) is 25.7 Å². The van der Waals surface area contributed by atoms with E-state index < -0.39 is 0 Å². The van der Waals surface area contributed by atoms with Crippen molar-refractivity contribution >= 4 is 0 Å². The van der Waals surface area contributed by atoms with Gasteiger partial charge in [0.05, 0.1) is 6.10 Å². The first-order valence-corrected chi connectivity index (χ1v) is 5.88. The summed E-state index contributed by atoms with van der Waals surface area (Å²) in [7, 11) is 0. The Morgan fingerprint density at radius 2 is 1.80 bits per heavy atom. The zero-order chi connectivity index (χ0) is 11.3. The van der Waals surface area contributed by atoms with Gasteiger partial charge in [0.2, 0.25) is 0 Å². The van der Waals surface area contributed by atoms with E-state index in [1.165, 1.54) is 16.7 Å². The van der Waals surface area contributed by atoms with Crippen LogP contribution in [0.5, 0.6) is 0 Å². The third-order valence-electron chi connectivity index (χ3n) is 2.98. The molecular formula is C14H22O. The molecule has 0 amide bonds. The molecule has 1 nitrogen and oxygen atoms in total. The van der Waals surface area contributed by atoms with Crippen molar-refractivity contribution in [2.45, 2.75) is 52.6 Å². The third-order valence-corrected chi connectivity index (χ3v) is 2.98. The van der Waals surface area contributed by atoms with Gasteiger partial charge in [-0.05, 0) is 43.4 Å². The number of aliphatic hydroxyl groups is 1. The first kappa shape index (κ1) is 12.3. The Hall–Kier alpha value is -0.820. The number of aliphatic hydroxyl groups excluding tert-OH is 1. The largest absolute Gasteiger partial charge is 0.393 e. The van der Waals surface area contributed by atoms with E-state index in [4.69, 9.17) is 0 Å². The monoisotopic (exact) mass is 206 g/mol. The van der Waals surface area contributed by atoms with Crippen molar-refractivity contribution < 1.29 is 5.11 Å². The highest BCUT2D eigenvalue weighted by atomic mass is 16.3. The average molecular weight is 206 g/mol. The summed E-state index contributed by atoms with van der Waals surface area (Å²) in [5, 5.41) is 9.88. The summed E-state index contributed by atoms with van der Waals surface area (Å²) in [6.45, 7) is 6.40. The van der Waals surface area contributed by atoms with E-state index in [1.807, 2.05) is 0 Å². The Morgan fingerprint density at radius 3 is 2.33 bits per heavy atom. The number of aryl methyl sites for hydroxylation is 2. The molecule has 0 aliphatic heterocycles. The number of unbranched alkanes of at least 4 members (excludes halogenated alkanes) is 1. The minimum Gasteiger partial charge on any atom is -0.393 e. The topological polar surface area (TPSA) is 20.2 Å². The summed E-state index contributed by atoms with van der Waals surface area (Å²) in [6, 6.07) is 6.32. The maximum absolute atomic E-state index is 9.88. The summed E-state index contributed by atoms with van der Waals surface area (Å²) in [5.41, 5.74) is 3.91. The van der Waals surface area contributed by atoms with Gasteiger partial charge in [0.15, 0.2) is 0 Å². The highest BCUT2D eigenvalue weighted by Crippen LogP contribution is 2.17. The molecule has 0 fully saturated rings. The fourth-order valence-corrected chi connectivity index (χ4v) is 1.95. The van der Waals surface area contributed by atoms with Crippen LogP contribution in [0.3, 0.4) is 0 Å². The molecule has 0 saturated heterocycles. The van der Waals surface area contributed by atoms with Crippen molar-refractivity contribution in [3.63, 3.8) is 0 Å². The second-order valence-electron chi connectivity index (χ2n) is 4.37. The van der Waals surface area contributed by atoms with E-state index in [2.05, 4.69) is 39.0 Å². The van der Waals surface area contributed by atoms with Gasteiger partial charge in [0.25, 0.3) is 0 Å². The highest BCUT2D eigenvalue weighted by molar-refractivity contribution is 5.33. The zero-order valence-electron chi connectivity index (χ0n) is 10.1. The van der Waals surface area contributed by atoms with E-state index in [1.54, 1.807) is 0 Å². The second kappa shape index (κ2) is 5.92. The summed E-state index contributed by atoms with van der Waals surface area (Å²) >= 11 is 0. The number of benzene rings is 1. The first-order valence-electron chi connectivity index (χ1n) is 5.88. The normalized spacial score (nSPS) is 12.8. The maximum Gasteiger partial charge on any atom is 0.0580 e. The number of hydrogen-bond donors (Lipinski definition) is 1. The molecule has 1 aromatic rings. The molecule has 1 rings (SSSR count). The molecule has 0 saturated carbocycles. The summed E-state index contributed by atoms with van der Waals surface area (Å²) < 4.78 is 0. The SMILES string of the molecule is CCCCC(O)Cc1c(C)cccc1C. The quantitative estimate of drug-likeness (QED) is 0.783. The molecule has 0 spiro atoms.